The molecule has 0 aliphatic carbocycles. The smallest absolute Gasteiger partial charge is 0.272 e. The second kappa shape index (κ2) is 10.1. The maximum absolute atomic E-state index is 13.3. The van der Waals surface area contributed by atoms with Gasteiger partial charge in [0, 0.05) is 24.4 Å². The largest absolute Gasteiger partial charge is 0.493 e. The molecule has 1 aliphatic heterocycles. The number of ether oxygens (including phenoxy) is 3. The van der Waals surface area contributed by atoms with Gasteiger partial charge in [0.05, 0.1) is 33.1 Å². The molecule has 1 aromatic heterocycles. The van der Waals surface area contributed by atoms with E-state index in [4.69, 9.17) is 14.2 Å². The number of hydrogen-bond donors (Lipinski definition) is 1. The van der Waals surface area contributed by atoms with E-state index in [0.29, 0.717) is 28.6 Å². The molecule has 2 aromatic rings. The van der Waals surface area contributed by atoms with Crippen molar-refractivity contribution in [3.8, 4) is 28.5 Å². The van der Waals surface area contributed by atoms with Gasteiger partial charge in [-0.15, -0.1) is 0 Å². The molecular formula is C21H30N4O4S. The lowest BCUT2D eigenvalue weighted by Gasteiger charge is -2.31. The Balaban J connectivity index is 1.89. The number of nitrogens with zero attached hydrogens (tertiary/aromatic N) is 3. The summed E-state index contributed by atoms with van der Waals surface area (Å²) in [5, 5.41) is 7.30. The fourth-order valence-electron chi connectivity index (χ4n) is 3.63. The number of rotatable bonds is 7. The number of amides is 1. The average molecular weight is 435 g/mol. The minimum Gasteiger partial charge on any atom is -0.493 e. The van der Waals surface area contributed by atoms with E-state index in [0.717, 1.165) is 36.6 Å². The average Bonchev–Trinajstić information content (AvgIpc) is 3.13. The molecule has 30 heavy (non-hydrogen) atoms. The number of benzene rings is 1. The van der Waals surface area contributed by atoms with Gasteiger partial charge in [-0.1, -0.05) is 0 Å². The maximum Gasteiger partial charge on any atom is 0.272 e. The summed E-state index contributed by atoms with van der Waals surface area (Å²) < 4.78 is 16.2. The first-order chi connectivity index (χ1) is 14.5. The van der Waals surface area contributed by atoms with Crippen LogP contribution in [0.3, 0.4) is 0 Å². The van der Waals surface area contributed by atoms with E-state index < -0.39 is 0 Å². The molecule has 1 aromatic carbocycles. The SMILES string of the molecule is COc1cc(-c2cc(C(=O)N3CCCSCC3CN(C)C)[nH]n2)cc(OC)c1OC. The van der Waals surface area contributed by atoms with Gasteiger partial charge < -0.3 is 24.0 Å². The molecule has 0 bridgehead atoms. The molecule has 164 valence electrons. The summed E-state index contributed by atoms with van der Waals surface area (Å²) in [6.45, 7) is 1.59. The number of carbonyl (C=O) groups is 1. The highest BCUT2D eigenvalue weighted by atomic mass is 32.2. The van der Waals surface area contributed by atoms with Crippen molar-refractivity contribution in [2.75, 3.05) is 60.0 Å². The third-order valence-corrected chi connectivity index (χ3v) is 6.24. The van der Waals surface area contributed by atoms with E-state index in [9.17, 15) is 4.79 Å². The van der Waals surface area contributed by atoms with Crippen LogP contribution in [0.15, 0.2) is 18.2 Å². The summed E-state index contributed by atoms with van der Waals surface area (Å²) in [6, 6.07) is 5.60. The molecule has 1 aliphatic rings. The Morgan fingerprint density at radius 2 is 1.90 bits per heavy atom. The van der Waals surface area contributed by atoms with Crippen LogP contribution in [0, 0.1) is 0 Å². The number of nitrogens with one attached hydrogen (secondary N) is 1. The van der Waals surface area contributed by atoms with Crippen LogP contribution in [0.25, 0.3) is 11.3 Å². The molecule has 3 rings (SSSR count). The van der Waals surface area contributed by atoms with Crippen molar-refractivity contribution in [2.24, 2.45) is 0 Å². The highest BCUT2D eigenvalue weighted by molar-refractivity contribution is 7.99. The van der Waals surface area contributed by atoms with Crippen LogP contribution < -0.4 is 14.2 Å². The van der Waals surface area contributed by atoms with Crippen LogP contribution in [0.5, 0.6) is 17.2 Å². The van der Waals surface area contributed by atoms with Gasteiger partial charge in [-0.05, 0) is 44.5 Å². The summed E-state index contributed by atoms with van der Waals surface area (Å²) in [5.41, 5.74) is 1.90. The Labute approximate surface area is 181 Å². The topological polar surface area (TPSA) is 79.9 Å². The third-order valence-electron chi connectivity index (χ3n) is 5.04. The summed E-state index contributed by atoms with van der Waals surface area (Å²) in [5.74, 6) is 3.60. The van der Waals surface area contributed by atoms with Crippen molar-refractivity contribution in [1.82, 2.24) is 20.0 Å². The van der Waals surface area contributed by atoms with Gasteiger partial charge in [0.1, 0.15) is 5.69 Å². The third kappa shape index (κ3) is 4.84. The number of methoxy groups -OCH3 is 3. The lowest BCUT2D eigenvalue weighted by Crippen LogP contribution is -2.46. The fraction of sp³-hybridized carbons (Fsp3) is 0.524. The van der Waals surface area contributed by atoms with Crippen molar-refractivity contribution in [1.29, 1.82) is 0 Å². The standard InChI is InChI=1S/C21H30N4O4S/c1-24(2)12-15-13-30-8-6-7-25(15)21(26)17-11-16(22-23-17)14-9-18(27-3)20(29-5)19(10-14)28-4/h9-11,15H,6-8,12-13H2,1-5H3,(H,22,23). The fourth-order valence-corrected chi connectivity index (χ4v) is 4.69. The monoisotopic (exact) mass is 434 g/mol. The first kappa shape index (κ1) is 22.3. The minimum atomic E-state index is -0.0180. The molecule has 1 fully saturated rings. The van der Waals surface area contributed by atoms with Gasteiger partial charge >= 0.3 is 0 Å². The molecule has 1 saturated heterocycles. The molecule has 1 N–H and O–H groups in total. The van der Waals surface area contributed by atoms with Gasteiger partial charge in [-0.2, -0.15) is 16.9 Å². The Kier molecular flexibility index (Phi) is 7.49. The van der Waals surface area contributed by atoms with E-state index in [2.05, 4.69) is 15.1 Å². The predicted octanol–water partition coefficient (Wildman–Crippen LogP) is 2.61. The molecule has 0 spiro atoms. The zero-order valence-corrected chi connectivity index (χ0v) is 19.0. The van der Waals surface area contributed by atoms with E-state index >= 15 is 0 Å². The van der Waals surface area contributed by atoms with Crippen LogP contribution in [0.4, 0.5) is 0 Å². The first-order valence-corrected chi connectivity index (χ1v) is 11.0. The number of aromatic nitrogens is 2. The van der Waals surface area contributed by atoms with Gasteiger partial charge in [0.2, 0.25) is 5.75 Å². The second-order valence-electron chi connectivity index (χ2n) is 7.42. The van der Waals surface area contributed by atoms with Crippen LogP contribution >= 0.6 is 11.8 Å². The summed E-state index contributed by atoms with van der Waals surface area (Å²) >= 11 is 1.91. The Bertz CT molecular complexity index is 845. The van der Waals surface area contributed by atoms with Crippen LogP contribution in [-0.4, -0.2) is 92.0 Å². The van der Waals surface area contributed by atoms with Crippen molar-refractivity contribution in [3.05, 3.63) is 23.9 Å². The Morgan fingerprint density at radius 1 is 1.20 bits per heavy atom. The lowest BCUT2D eigenvalue weighted by molar-refractivity contribution is 0.0669. The first-order valence-electron chi connectivity index (χ1n) is 9.87. The minimum absolute atomic E-state index is 0.0180. The number of thioether (sulfide) groups is 1. The predicted molar refractivity (Wildman–Crippen MR) is 119 cm³/mol. The molecule has 1 unspecified atom stereocenters. The van der Waals surface area contributed by atoms with E-state index in [1.54, 1.807) is 27.4 Å². The Hall–Kier alpha value is -2.39. The number of hydrogen-bond acceptors (Lipinski definition) is 7. The zero-order valence-electron chi connectivity index (χ0n) is 18.2. The Morgan fingerprint density at radius 3 is 2.50 bits per heavy atom. The van der Waals surface area contributed by atoms with Crippen LogP contribution in [0.1, 0.15) is 16.9 Å². The van der Waals surface area contributed by atoms with Gasteiger partial charge in [0.25, 0.3) is 5.91 Å². The van der Waals surface area contributed by atoms with Crippen LogP contribution in [-0.2, 0) is 0 Å². The number of aromatic amines is 1. The van der Waals surface area contributed by atoms with Gasteiger partial charge in [-0.3, -0.25) is 9.89 Å². The van der Waals surface area contributed by atoms with Crippen LogP contribution in [0.2, 0.25) is 0 Å². The van der Waals surface area contributed by atoms with E-state index in [1.807, 2.05) is 42.9 Å². The number of likely N-dealkylation sites (N-methyl/N-ethyl adjacent to an activating group) is 1. The molecule has 0 saturated carbocycles. The molecule has 2 heterocycles. The normalized spacial score (nSPS) is 17.0. The number of H-pyrrole nitrogens is 1. The van der Waals surface area contributed by atoms with Crippen molar-refractivity contribution in [3.63, 3.8) is 0 Å². The second-order valence-corrected chi connectivity index (χ2v) is 8.57. The van der Waals surface area contributed by atoms with Crippen molar-refractivity contribution in [2.45, 2.75) is 12.5 Å². The van der Waals surface area contributed by atoms with E-state index in [1.165, 1.54) is 0 Å². The lowest BCUT2D eigenvalue weighted by atomic mass is 10.1. The quantitative estimate of drug-likeness (QED) is 0.717. The van der Waals surface area contributed by atoms with Gasteiger partial charge in [-0.25, -0.2) is 0 Å². The van der Waals surface area contributed by atoms with Crippen molar-refractivity contribution >= 4 is 17.7 Å². The summed E-state index contributed by atoms with van der Waals surface area (Å²) in [6.07, 6.45) is 0.994. The molecule has 0 radical (unpaired) electrons. The molecular weight excluding hydrogens is 404 g/mol. The molecule has 1 amide bonds. The molecule has 8 nitrogen and oxygen atoms in total. The zero-order chi connectivity index (χ0) is 21.7. The van der Waals surface area contributed by atoms with Crippen molar-refractivity contribution < 1.29 is 19.0 Å². The van der Waals surface area contributed by atoms with Gasteiger partial charge in [0.15, 0.2) is 11.5 Å². The summed E-state index contributed by atoms with van der Waals surface area (Å²) in [4.78, 5) is 17.4. The highest BCUT2D eigenvalue weighted by Crippen LogP contribution is 2.40. The molecule has 1 atom stereocenters. The van der Waals surface area contributed by atoms with E-state index in [-0.39, 0.29) is 11.9 Å². The number of carbonyl (C=O) groups excluding carboxylic acids is 1. The maximum atomic E-state index is 13.3. The summed E-state index contributed by atoms with van der Waals surface area (Å²) in [7, 11) is 8.79. The highest BCUT2D eigenvalue weighted by Gasteiger charge is 2.28. The molecule has 9 heteroatoms.